The number of nitrogens with one attached hydrogen (secondary N) is 1. The number of nitrogens with zero attached hydrogens (tertiary/aromatic N) is 4. The minimum absolute atomic E-state index is 0.0882. The zero-order chi connectivity index (χ0) is 26.9. The first-order valence-electron chi connectivity index (χ1n) is 11.7. The number of rotatable bonds is 7. The van der Waals surface area contributed by atoms with Gasteiger partial charge in [-0.1, -0.05) is 11.6 Å². The topological polar surface area (TPSA) is 100 Å². The maximum Gasteiger partial charge on any atom is 0.573 e. The highest BCUT2D eigenvalue weighted by Crippen LogP contribution is 2.35. The van der Waals surface area contributed by atoms with E-state index in [4.69, 9.17) is 16.3 Å². The molecule has 0 aliphatic carbocycles. The molecule has 14 heteroatoms. The van der Waals surface area contributed by atoms with Crippen LogP contribution in [0, 0.1) is 11.7 Å². The van der Waals surface area contributed by atoms with E-state index in [9.17, 15) is 27.5 Å². The molecule has 3 heterocycles. The van der Waals surface area contributed by atoms with Gasteiger partial charge in [0.25, 0.3) is 0 Å². The average molecular weight is 548 g/mol. The lowest BCUT2D eigenvalue weighted by Crippen LogP contribution is -2.42. The summed E-state index contributed by atoms with van der Waals surface area (Å²) < 4.78 is 61.4. The number of carbonyl (C=O) groups is 1. The number of hydrogen-bond donors (Lipinski definition) is 2. The van der Waals surface area contributed by atoms with Crippen molar-refractivity contribution < 1.29 is 36.9 Å². The van der Waals surface area contributed by atoms with Crippen molar-refractivity contribution in [1.29, 1.82) is 0 Å². The fourth-order valence-electron chi connectivity index (χ4n) is 4.50. The second-order valence-corrected chi connectivity index (χ2v) is 9.45. The van der Waals surface area contributed by atoms with Crippen LogP contribution >= 0.6 is 11.6 Å². The van der Waals surface area contributed by atoms with E-state index in [1.807, 2.05) is 11.8 Å². The number of carbonyl (C=O) groups excluding carboxylic acids is 1. The molecule has 2 fully saturated rings. The second-order valence-electron chi connectivity index (χ2n) is 9.04. The number of halogens is 5. The van der Waals surface area contributed by atoms with E-state index < -0.39 is 36.2 Å². The van der Waals surface area contributed by atoms with Crippen LogP contribution < -0.4 is 19.9 Å². The maximum absolute atomic E-state index is 14.5. The van der Waals surface area contributed by atoms with Crippen LogP contribution in [0.3, 0.4) is 0 Å². The Morgan fingerprint density at radius 2 is 1.97 bits per heavy atom. The van der Waals surface area contributed by atoms with Crippen molar-refractivity contribution in [3.05, 3.63) is 35.2 Å². The average Bonchev–Trinajstić information content (AvgIpc) is 3.22. The van der Waals surface area contributed by atoms with E-state index in [0.29, 0.717) is 31.6 Å². The second kappa shape index (κ2) is 10.7. The normalized spacial score (nSPS) is 20.5. The smallest absolute Gasteiger partial charge is 0.447 e. The summed E-state index contributed by atoms with van der Waals surface area (Å²) in [7, 11) is 0. The molecule has 202 valence electrons. The fraction of sp³-hybridized carbons (Fsp3) is 0.522. The van der Waals surface area contributed by atoms with Gasteiger partial charge < -0.3 is 24.8 Å². The highest BCUT2D eigenvalue weighted by molar-refractivity contribution is 6.32. The molecule has 2 aliphatic rings. The van der Waals surface area contributed by atoms with Gasteiger partial charge in [-0.3, -0.25) is 0 Å². The minimum Gasteiger partial charge on any atom is -0.447 e. The number of alkyl halides is 3. The number of aliphatic hydroxyl groups is 1. The highest BCUT2D eigenvalue weighted by Gasteiger charge is 2.40. The molecule has 9 nitrogen and oxygen atoms in total. The van der Waals surface area contributed by atoms with Gasteiger partial charge in [-0.15, -0.1) is 13.2 Å². The van der Waals surface area contributed by atoms with E-state index in [1.165, 1.54) is 19.1 Å². The number of cyclic esters (lactones) is 1. The number of benzene rings is 1. The van der Waals surface area contributed by atoms with E-state index in [0.717, 1.165) is 11.1 Å². The third kappa shape index (κ3) is 6.27. The van der Waals surface area contributed by atoms with Crippen molar-refractivity contribution in [2.24, 2.45) is 5.92 Å². The third-order valence-corrected chi connectivity index (χ3v) is 6.84. The molecule has 0 bridgehead atoms. The SMILES string of the molecule is CC(O)[C@H]1COC(=O)N1c1nc(N[C@@H](C)C2CCN(c3ccc(Cl)c(OC(F)(F)F)c3)CC2)ncc1F. The van der Waals surface area contributed by atoms with Crippen molar-refractivity contribution >= 4 is 35.1 Å². The summed E-state index contributed by atoms with van der Waals surface area (Å²) in [6, 6.07) is 3.38. The molecule has 0 saturated carbocycles. The Bertz CT molecular complexity index is 1130. The predicted molar refractivity (Wildman–Crippen MR) is 127 cm³/mol. The number of aliphatic hydroxyl groups excluding tert-OH is 1. The lowest BCUT2D eigenvalue weighted by molar-refractivity contribution is -0.274. The first-order valence-corrected chi connectivity index (χ1v) is 12.0. The maximum atomic E-state index is 14.5. The Labute approximate surface area is 215 Å². The van der Waals surface area contributed by atoms with E-state index >= 15 is 0 Å². The van der Waals surface area contributed by atoms with Gasteiger partial charge in [-0.25, -0.2) is 19.1 Å². The zero-order valence-electron chi connectivity index (χ0n) is 20.0. The summed E-state index contributed by atoms with van der Waals surface area (Å²) in [5, 5.41) is 13.0. The number of ether oxygens (including phenoxy) is 2. The van der Waals surface area contributed by atoms with E-state index in [-0.39, 0.29) is 35.4 Å². The monoisotopic (exact) mass is 547 g/mol. The Kier molecular flexibility index (Phi) is 7.83. The molecule has 0 radical (unpaired) electrons. The van der Waals surface area contributed by atoms with Crippen LogP contribution in [-0.2, 0) is 4.74 Å². The molecule has 1 amide bonds. The van der Waals surface area contributed by atoms with Gasteiger partial charge in [-0.2, -0.15) is 4.98 Å². The Morgan fingerprint density at radius 1 is 1.27 bits per heavy atom. The van der Waals surface area contributed by atoms with E-state index in [1.54, 1.807) is 6.07 Å². The Hall–Kier alpha value is -3.06. The van der Waals surface area contributed by atoms with Gasteiger partial charge in [0.15, 0.2) is 11.6 Å². The first-order chi connectivity index (χ1) is 17.4. The van der Waals surface area contributed by atoms with Crippen LogP contribution in [0.15, 0.2) is 24.4 Å². The van der Waals surface area contributed by atoms with E-state index in [2.05, 4.69) is 20.0 Å². The molecule has 4 rings (SSSR count). The minimum atomic E-state index is -4.84. The molecule has 37 heavy (non-hydrogen) atoms. The Morgan fingerprint density at radius 3 is 2.62 bits per heavy atom. The number of hydrogen-bond acceptors (Lipinski definition) is 8. The molecule has 1 aromatic heterocycles. The van der Waals surface area contributed by atoms with Crippen LogP contribution in [0.2, 0.25) is 5.02 Å². The number of aromatic nitrogens is 2. The molecular weight excluding hydrogens is 522 g/mol. The first kappa shape index (κ1) is 27.0. The molecule has 1 aromatic carbocycles. The number of anilines is 3. The number of amides is 1. The highest BCUT2D eigenvalue weighted by atomic mass is 35.5. The summed E-state index contributed by atoms with van der Waals surface area (Å²) in [5.41, 5.74) is 0.569. The van der Waals surface area contributed by atoms with Crippen LogP contribution in [0.4, 0.5) is 39.8 Å². The van der Waals surface area contributed by atoms with Crippen molar-refractivity contribution in [2.45, 2.75) is 51.2 Å². The van der Waals surface area contributed by atoms with Crippen molar-refractivity contribution in [1.82, 2.24) is 9.97 Å². The molecule has 2 aromatic rings. The van der Waals surface area contributed by atoms with Gasteiger partial charge >= 0.3 is 12.5 Å². The fourth-order valence-corrected chi connectivity index (χ4v) is 4.66. The largest absolute Gasteiger partial charge is 0.573 e. The lowest BCUT2D eigenvalue weighted by atomic mass is 9.90. The standard InChI is InChI=1S/C23H26ClF4N5O4/c1-12(30-21-29-10-17(25)20(31-21)33-18(13(2)34)11-36-22(33)35)14-5-7-32(8-6-14)15-3-4-16(24)19(9-15)37-23(26,27)28/h3-4,9-10,12-14,18,34H,5-8,11H2,1-2H3,(H,29,30,31)/t12-,13?,18+/m0/s1. The quantitative estimate of drug-likeness (QED) is 0.486. The van der Waals surface area contributed by atoms with Crippen LogP contribution in [0.5, 0.6) is 5.75 Å². The molecule has 1 unspecified atom stereocenters. The van der Waals surface area contributed by atoms with Gasteiger partial charge in [0.2, 0.25) is 5.95 Å². The number of piperidine rings is 1. The summed E-state index contributed by atoms with van der Waals surface area (Å²) in [5.74, 6) is -1.29. The van der Waals surface area contributed by atoms with Crippen LogP contribution in [0.25, 0.3) is 0 Å². The summed E-state index contributed by atoms with van der Waals surface area (Å²) >= 11 is 5.85. The van der Waals surface area contributed by atoms with Crippen molar-refractivity contribution in [2.75, 3.05) is 34.8 Å². The van der Waals surface area contributed by atoms with Gasteiger partial charge in [-0.05, 0) is 44.7 Å². The Balaban J connectivity index is 1.39. The van der Waals surface area contributed by atoms with Crippen LogP contribution in [-0.4, -0.2) is 65.4 Å². The molecule has 3 atom stereocenters. The van der Waals surface area contributed by atoms with Gasteiger partial charge in [0, 0.05) is 30.9 Å². The molecule has 2 aliphatic heterocycles. The summed E-state index contributed by atoms with van der Waals surface area (Å²) in [4.78, 5) is 23.2. The summed E-state index contributed by atoms with van der Waals surface area (Å²) in [6.45, 7) is 4.46. The molecule has 2 N–H and O–H groups in total. The van der Waals surface area contributed by atoms with Crippen LogP contribution in [0.1, 0.15) is 26.7 Å². The molecular formula is C23H26ClF4N5O4. The summed E-state index contributed by atoms with van der Waals surface area (Å²) in [6.07, 6.45) is -4.23. The predicted octanol–water partition coefficient (Wildman–Crippen LogP) is 4.59. The molecule has 2 saturated heterocycles. The van der Waals surface area contributed by atoms with Gasteiger partial charge in [0.05, 0.1) is 17.3 Å². The van der Waals surface area contributed by atoms with Crippen molar-refractivity contribution in [3.63, 3.8) is 0 Å². The lowest BCUT2D eigenvalue weighted by Gasteiger charge is -2.36. The van der Waals surface area contributed by atoms with Crippen molar-refractivity contribution in [3.8, 4) is 5.75 Å². The molecule has 0 spiro atoms. The zero-order valence-corrected chi connectivity index (χ0v) is 20.8. The van der Waals surface area contributed by atoms with Gasteiger partial charge in [0.1, 0.15) is 18.4 Å². The third-order valence-electron chi connectivity index (χ3n) is 6.53.